The van der Waals surface area contributed by atoms with Crippen molar-refractivity contribution in [1.29, 1.82) is 0 Å². The first kappa shape index (κ1) is 20.7. The van der Waals surface area contributed by atoms with Gasteiger partial charge in [0.15, 0.2) is 0 Å². The van der Waals surface area contributed by atoms with E-state index in [1.165, 1.54) is 5.56 Å². The first-order valence-electron chi connectivity index (χ1n) is 8.26. The van der Waals surface area contributed by atoms with E-state index in [1.807, 2.05) is 26.2 Å². The Labute approximate surface area is 149 Å². The van der Waals surface area contributed by atoms with Crippen LogP contribution in [0, 0.1) is 0 Å². The third-order valence-corrected chi connectivity index (χ3v) is 4.13. The van der Waals surface area contributed by atoms with Gasteiger partial charge in [-0.15, -0.1) is 13.2 Å². The molecule has 0 spiro atoms. The summed E-state index contributed by atoms with van der Waals surface area (Å²) in [5, 5.41) is 3.10. The number of anilines is 2. The Balaban J connectivity index is 0.00000101. The number of hydrogen-bond acceptors (Lipinski definition) is 6. The number of ether oxygens (including phenoxy) is 1. The fourth-order valence-electron chi connectivity index (χ4n) is 3.17. The van der Waals surface area contributed by atoms with Gasteiger partial charge in [0.1, 0.15) is 5.82 Å². The second kappa shape index (κ2) is 9.80. The molecule has 2 aliphatic rings. The first-order chi connectivity index (χ1) is 11.7. The lowest BCUT2D eigenvalue weighted by Crippen LogP contribution is -2.21. The summed E-state index contributed by atoms with van der Waals surface area (Å²) in [4.78, 5) is 11.2. The maximum atomic E-state index is 5.97. The van der Waals surface area contributed by atoms with Crippen LogP contribution >= 0.6 is 0 Å². The van der Waals surface area contributed by atoms with Crippen molar-refractivity contribution >= 4 is 11.8 Å². The number of rotatable bonds is 4. The molecular formula is C18H29N5O2. The van der Waals surface area contributed by atoms with E-state index in [-0.39, 0.29) is 5.48 Å². The lowest BCUT2D eigenvalue weighted by molar-refractivity contribution is 0.193. The highest BCUT2D eigenvalue weighted by atomic mass is 16.5. The van der Waals surface area contributed by atoms with E-state index in [9.17, 15) is 0 Å². The predicted octanol–water partition coefficient (Wildman–Crippen LogP) is 1.54. The normalized spacial score (nSPS) is 19.2. The van der Waals surface area contributed by atoms with Crippen molar-refractivity contribution in [3.63, 3.8) is 0 Å². The Hall–Kier alpha value is -2.38. The first-order valence-corrected chi connectivity index (χ1v) is 8.26. The van der Waals surface area contributed by atoms with Gasteiger partial charge in [-0.2, -0.15) is 4.98 Å². The Bertz CT molecular complexity index is 624. The summed E-state index contributed by atoms with van der Waals surface area (Å²) in [6, 6.07) is 0. The van der Waals surface area contributed by atoms with Gasteiger partial charge in [0.05, 0.1) is 18.0 Å². The largest absolute Gasteiger partial charge is 0.412 e. The van der Waals surface area contributed by atoms with Crippen LogP contribution in [0.5, 0.6) is 0 Å². The summed E-state index contributed by atoms with van der Waals surface area (Å²) >= 11 is 0. The highest BCUT2D eigenvalue weighted by molar-refractivity contribution is 5.62. The molecule has 1 unspecified atom stereocenters. The molecule has 1 saturated heterocycles. The maximum absolute atomic E-state index is 5.97. The monoisotopic (exact) mass is 347 g/mol. The molecule has 0 amide bonds. The standard InChI is InChI=1S/C16H23N5O.C2H4.H2O/c1-3-4-12(9-18-2)21-7-5-13-14(11-6-8-22-10-11)19-16(17)20-15(13)21;1-2;/h3-4,9,11,18H,5-8,10H2,1-2H3,(H2,17,19,20);1-2H2;1H2/b4-3-,12-9+;;. The quantitative estimate of drug-likeness (QED) is 0.632. The molecule has 7 nitrogen and oxygen atoms in total. The lowest BCUT2D eigenvalue weighted by Gasteiger charge is -2.20. The van der Waals surface area contributed by atoms with Crippen LogP contribution in [0.3, 0.4) is 0 Å². The van der Waals surface area contributed by atoms with Crippen LogP contribution in [0.2, 0.25) is 0 Å². The molecule has 2 aliphatic heterocycles. The SMILES string of the molecule is C/C=C\C(=C/NC)N1CCc2c(C3CCOC3)nc(N)nc21.C=C.O. The number of nitrogens with one attached hydrogen (secondary N) is 1. The summed E-state index contributed by atoms with van der Waals surface area (Å²) in [6.07, 6.45) is 8.03. The number of aromatic nitrogens is 2. The van der Waals surface area contributed by atoms with Crippen molar-refractivity contribution in [3.05, 3.63) is 48.5 Å². The van der Waals surface area contributed by atoms with Gasteiger partial charge < -0.3 is 26.2 Å². The van der Waals surface area contributed by atoms with Gasteiger partial charge in [-0.3, -0.25) is 0 Å². The van der Waals surface area contributed by atoms with Crippen molar-refractivity contribution in [3.8, 4) is 0 Å². The van der Waals surface area contributed by atoms with Gasteiger partial charge in [0, 0.05) is 37.9 Å². The molecule has 1 aromatic heterocycles. The zero-order valence-electron chi connectivity index (χ0n) is 15.1. The van der Waals surface area contributed by atoms with E-state index >= 15 is 0 Å². The molecule has 0 aliphatic carbocycles. The summed E-state index contributed by atoms with van der Waals surface area (Å²) < 4.78 is 5.52. The van der Waals surface area contributed by atoms with Gasteiger partial charge in [-0.05, 0) is 25.8 Å². The van der Waals surface area contributed by atoms with Gasteiger partial charge in [0.2, 0.25) is 5.95 Å². The van der Waals surface area contributed by atoms with Crippen LogP contribution in [0.25, 0.3) is 0 Å². The number of allylic oxidation sites excluding steroid dienone is 2. The number of nitrogens with zero attached hydrogens (tertiary/aromatic N) is 3. The fourth-order valence-corrected chi connectivity index (χ4v) is 3.17. The topological polar surface area (TPSA) is 108 Å². The van der Waals surface area contributed by atoms with Gasteiger partial charge in [-0.25, -0.2) is 4.98 Å². The molecule has 1 aromatic rings. The molecule has 5 N–H and O–H groups in total. The van der Waals surface area contributed by atoms with Crippen molar-refractivity contribution in [2.75, 3.05) is 37.4 Å². The zero-order chi connectivity index (χ0) is 17.5. The van der Waals surface area contributed by atoms with Crippen LogP contribution in [0.4, 0.5) is 11.8 Å². The molecule has 25 heavy (non-hydrogen) atoms. The van der Waals surface area contributed by atoms with Crippen LogP contribution in [0.15, 0.2) is 37.2 Å². The minimum atomic E-state index is 0. The summed E-state index contributed by atoms with van der Waals surface area (Å²) in [5.74, 6) is 1.63. The van der Waals surface area contributed by atoms with Crippen LogP contribution in [0.1, 0.15) is 30.5 Å². The third-order valence-electron chi connectivity index (χ3n) is 4.13. The van der Waals surface area contributed by atoms with Crippen LogP contribution in [-0.4, -0.2) is 42.3 Å². The van der Waals surface area contributed by atoms with Crippen LogP contribution < -0.4 is 16.0 Å². The molecule has 138 valence electrons. The van der Waals surface area contributed by atoms with E-state index < -0.39 is 0 Å². The second-order valence-electron chi connectivity index (χ2n) is 5.59. The molecule has 0 aromatic carbocycles. The Morgan fingerprint density at radius 3 is 2.76 bits per heavy atom. The highest BCUT2D eigenvalue weighted by Crippen LogP contribution is 2.37. The van der Waals surface area contributed by atoms with E-state index in [1.54, 1.807) is 0 Å². The molecule has 1 atom stereocenters. The third kappa shape index (κ3) is 4.37. The molecule has 7 heteroatoms. The Morgan fingerprint density at radius 2 is 2.16 bits per heavy atom. The highest BCUT2D eigenvalue weighted by Gasteiger charge is 2.31. The number of fused-ring (bicyclic) bond motifs is 1. The molecule has 0 radical (unpaired) electrons. The summed E-state index contributed by atoms with van der Waals surface area (Å²) in [7, 11) is 1.90. The van der Waals surface area contributed by atoms with E-state index in [0.29, 0.717) is 11.9 Å². The lowest BCUT2D eigenvalue weighted by atomic mass is 9.99. The smallest absolute Gasteiger partial charge is 0.222 e. The summed E-state index contributed by atoms with van der Waals surface area (Å²) in [5.41, 5.74) is 9.34. The fraction of sp³-hybridized carbons (Fsp3) is 0.444. The molecule has 3 rings (SSSR count). The number of nitrogen functional groups attached to an aromatic ring is 1. The predicted molar refractivity (Wildman–Crippen MR) is 102 cm³/mol. The molecule has 0 bridgehead atoms. The minimum absolute atomic E-state index is 0. The molecule has 3 heterocycles. The maximum Gasteiger partial charge on any atom is 0.222 e. The van der Waals surface area contributed by atoms with E-state index in [2.05, 4.69) is 39.4 Å². The minimum Gasteiger partial charge on any atom is -0.412 e. The van der Waals surface area contributed by atoms with E-state index in [0.717, 1.165) is 49.8 Å². The molecule has 1 fully saturated rings. The Morgan fingerprint density at radius 1 is 1.40 bits per heavy atom. The van der Waals surface area contributed by atoms with Gasteiger partial charge in [0.25, 0.3) is 0 Å². The zero-order valence-corrected chi connectivity index (χ0v) is 15.1. The van der Waals surface area contributed by atoms with Crippen molar-refractivity contribution < 1.29 is 10.2 Å². The average molecular weight is 347 g/mol. The Kier molecular flexibility index (Phi) is 8.10. The average Bonchev–Trinajstić information content (AvgIpc) is 3.25. The van der Waals surface area contributed by atoms with Crippen molar-refractivity contribution in [2.24, 2.45) is 0 Å². The van der Waals surface area contributed by atoms with Gasteiger partial charge in [-0.1, -0.05) is 6.08 Å². The number of nitrogens with two attached hydrogens (primary N) is 1. The van der Waals surface area contributed by atoms with Crippen molar-refractivity contribution in [1.82, 2.24) is 15.3 Å². The summed E-state index contributed by atoms with van der Waals surface area (Å²) in [6.45, 7) is 10.4. The van der Waals surface area contributed by atoms with E-state index in [4.69, 9.17) is 10.5 Å². The van der Waals surface area contributed by atoms with Gasteiger partial charge >= 0.3 is 0 Å². The van der Waals surface area contributed by atoms with Crippen LogP contribution in [-0.2, 0) is 11.2 Å². The second-order valence-corrected chi connectivity index (χ2v) is 5.59. The number of hydrogen-bond donors (Lipinski definition) is 2. The molecule has 0 saturated carbocycles. The molecular weight excluding hydrogens is 318 g/mol. The van der Waals surface area contributed by atoms with Crippen molar-refractivity contribution in [2.45, 2.75) is 25.7 Å².